The van der Waals surface area contributed by atoms with Gasteiger partial charge in [0.1, 0.15) is 0 Å². The van der Waals surface area contributed by atoms with E-state index < -0.39 is 5.97 Å². The molecular weight excluding hydrogens is 448 g/mol. The number of methoxy groups -OCH3 is 1. The Balaban J connectivity index is 1.83. The number of aromatic carboxylic acids is 1. The van der Waals surface area contributed by atoms with E-state index in [0.29, 0.717) is 11.7 Å². The summed E-state index contributed by atoms with van der Waals surface area (Å²) in [6.07, 6.45) is 2.65. The summed E-state index contributed by atoms with van der Waals surface area (Å²) in [5, 5.41) is 13.7. The number of carboxylic acids is 1. The molecule has 2 aromatic heterocycles. The molecule has 178 valence electrons. The number of aromatic nitrogens is 2. The summed E-state index contributed by atoms with van der Waals surface area (Å²) in [7, 11) is 1.70. The highest BCUT2D eigenvalue weighted by Crippen LogP contribution is 2.41. The van der Waals surface area contributed by atoms with Crippen LogP contribution in [-0.2, 0) is 4.74 Å². The highest BCUT2D eigenvalue weighted by Gasteiger charge is 2.41. The van der Waals surface area contributed by atoms with Crippen LogP contribution in [0.3, 0.4) is 0 Å². The lowest BCUT2D eigenvalue weighted by Crippen LogP contribution is -2.31. The number of thiocarbonyl (C=S) groups is 1. The van der Waals surface area contributed by atoms with Gasteiger partial charge in [0.15, 0.2) is 5.11 Å². The second-order valence-corrected chi connectivity index (χ2v) is 9.02. The van der Waals surface area contributed by atoms with Gasteiger partial charge in [-0.05, 0) is 80.9 Å². The van der Waals surface area contributed by atoms with Gasteiger partial charge in [0, 0.05) is 43.5 Å². The van der Waals surface area contributed by atoms with Crippen molar-refractivity contribution in [1.82, 2.24) is 19.8 Å². The molecule has 1 aliphatic rings. The van der Waals surface area contributed by atoms with Crippen LogP contribution in [0.25, 0.3) is 5.69 Å². The normalized spacial score (nSPS) is 17.8. The number of carboxylic acid groups (broad SMARTS) is 1. The van der Waals surface area contributed by atoms with Crippen molar-refractivity contribution in [3.05, 3.63) is 82.4 Å². The van der Waals surface area contributed by atoms with Crippen LogP contribution in [0, 0.1) is 20.8 Å². The molecule has 8 heteroatoms. The number of rotatable bonds is 8. The molecule has 1 aliphatic heterocycles. The lowest BCUT2D eigenvalue weighted by Gasteiger charge is -2.28. The third-order valence-electron chi connectivity index (χ3n) is 6.43. The fourth-order valence-electron chi connectivity index (χ4n) is 4.81. The summed E-state index contributed by atoms with van der Waals surface area (Å²) in [5.74, 6) is -0.936. The zero-order valence-electron chi connectivity index (χ0n) is 19.9. The highest BCUT2D eigenvalue weighted by atomic mass is 32.1. The number of pyridine rings is 1. The Morgan fingerprint density at radius 2 is 2.00 bits per heavy atom. The maximum atomic E-state index is 11.6. The quantitative estimate of drug-likeness (QED) is 0.364. The maximum Gasteiger partial charge on any atom is 0.335 e. The van der Waals surface area contributed by atoms with E-state index in [1.54, 1.807) is 25.4 Å². The third kappa shape index (κ3) is 4.43. The van der Waals surface area contributed by atoms with E-state index in [1.807, 2.05) is 31.2 Å². The number of nitrogens with zero attached hydrogens (tertiary/aromatic N) is 3. The molecule has 0 amide bonds. The minimum Gasteiger partial charge on any atom is -0.478 e. The summed E-state index contributed by atoms with van der Waals surface area (Å²) < 4.78 is 7.42. The van der Waals surface area contributed by atoms with Crippen LogP contribution in [0.5, 0.6) is 0 Å². The lowest BCUT2D eigenvalue weighted by atomic mass is 9.96. The van der Waals surface area contributed by atoms with Crippen LogP contribution in [0.15, 0.2) is 48.7 Å². The van der Waals surface area contributed by atoms with Crippen molar-refractivity contribution < 1.29 is 14.6 Å². The average Bonchev–Trinajstić information content (AvgIpc) is 3.30. The molecule has 1 saturated heterocycles. The summed E-state index contributed by atoms with van der Waals surface area (Å²) in [6, 6.07) is 13.2. The van der Waals surface area contributed by atoms with Crippen LogP contribution in [-0.4, -0.2) is 50.9 Å². The Morgan fingerprint density at radius 1 is 1.21 bits per heavy atom. The van der Waals surface area contributed by atoms with Crippen molar-refractivity contribution in [2.24, 2.45) is 0 Å². The van der Waals surface area contributed by atoms with E-state index in [2.05, 4.69) is 39.7 Å². The lowest BCUT2D eigenvalue weighted by molar-refractivity contribution is 0.0697. The Morgan fingerprint density at radius 3 is 2.68 bits per heavy atom. The molecule has 4 rings (SSSR count). The van der Waals surface area contributed by atoms with Crippen LogP contribution in [0.4, 0.5) is 0 Å². The number of hydrogen-bond donors (Lipinski definition) is 2. The third-order valence-corrected chi connectivity index (χ3v) is 6.78. The largest absolute Gasteiger partial charge is 0.478 e. The molecule has 3 heterocycles. The average molecular weight is 479 g/mol. The SMILES string of the molecule is COCCCN1C(=S)N[C@@H](c2ccccn2)[C@H]1c1cc(C)n(-c2cc(C(=O)O)ccc2C)c1C. The van der Waals surface area contributed by atoms with E-state index >= 15 is 0 Å². The fourth-order valence-corrected chi connectivity index (χ4v) is 5.14. The van der Waals surface area contributed by atoms with Crippen LogP contribution in [0.1, 0.15) is 57.1 Å². The molecular formula is C26H30N4O3S. The molecule has 1 aromatic carbocycles. The van der Waals surface area contributed by atoms with Crippen molar-refractivity contribution in [2.75, 3.05) is 20.3 Å². The smallest absolute Gasteiger partial charge is 0.335 e. The molecule has 34 heavy (non-hydrogen) atoms. The standard InChI is InChI=1S/C26H30N4O3S/c1-16-9-10-19(25(31)32)15-22(16)30-17(2)14-20(18(30)3)24-23(21-8-5-6-11-27-21)28-26(34)29(24)12-7-13-33-4/h5-6,8-11,14-15,23-24H,7,12-13H2,1-4H3,(H,28,34)(H,31,32)/t23-,24+/m0/s1. The molecule has 2 atom stereocenters. The van der Waals surface area contributed by atoms with Gasteiger partial charge in [0.25, 0.3) is 0 Å². The number of hydrogen-bond acceptors (Lipinski definition) is 4. The van der Waals surface area contributed by atoms with Gasteiger partial charge in [-0.3, -0.25) is 4.98 Å². The molecule has 1 fully saturated rings. The minimum absolute atomic E-state index is 0.0535. The van der Waals surface area contributed by atoms with Gasteiger partial charge in [0.05, 0.1) is 23.3 Å². The molecule has 0 saturated carbocycles. The molecule has 0 unspecified atom stereocenters. The predicted molar refractivity (Wildman–Crippen MR) is 136 cm³/mol. The summed E-state index contributed by atoms with van der Waals surface area (Å²) in [6.45, 7) is 7.54. The van der Waals surface area contributed by atoms with Gasteiger partial charge in [-0.15, -0.1) is 0 Å². The predicted octanol–water partition coefficient (Wildman–Crippen LogP) is 4.50. The van der Waals surface area contributed by atoms with E-state index in [0.717, 1.165) is 46.9 Å². The minimum atomic E-state index is -0.936. The zero-order valence-corrected chi connectivity index (χ0v) is 20.7. The van der Waals surface area contributed by atoms with Crippen LogP contribution >= 0.6 is 12.2 Å². The van der Waals surface area contributed by atoms with Gasteiger partial charge >= 0.3 is 5.97 Å². The zero-order chi connectivity index (χ0) is 24.4. The molecule has 0 spiro atoms. The van der Waals surface area contributed by atoms with Crippen molar-refractivity contribution >= 4 is 23.3 Å². The van der Waals surface area contributed by atoms with Gasteiger partial charge in [-0.25, -0.2) is 4.79 Å². The molecule has 3 aromatic rings. The number of carbonyl (C=O) groups is 1. The summed E-state index contributed by atoms with van der Waals surface area (Å²) in [4.78, 5) is 18.5. The van der Waals surface area contributed by atoms with Crippen molar-refractivity contribution in [2.45, 2.75) is 39.3 Å². The Bertz CT molecular complexity index is 1210. The number of benzene rings is 1. The maximum absolute atomic E-state index is 11.6. The first-order valence-electron chi connectivity index (χ1n) is 11.3. The Kier molecular flexibility index (Phi) is 7.00. The highest BCUT2D eigenvalue weighted by molar-refractivity contribution is 7.80. The van der Waals surface area contributed by atoms with E-state index in [4.69, 9.17) is 17.0 Å². The molecule has 7 nitrogen and oxygen atoms in total. The number of ether oxygens (including phenoxy) is 1. The van der Waals surface area contributed by atoms with E-state index in [9.17, 15) is 9.90 Å². The molecule has 2 N–H and O–H groups in total. The first-order valence-corrected chi connectivity index (χ1v) is 11.7. The van der Waals surface area contributed by atoms with Crippen LogP contribution < -0.4 is 5.32 Å². The van der Waals surface area contributed by atoms with E-state index in [-0.39, 0.29) is 17.6 Å². The first-order chi connectivity index (χ1) is 16.3. The van der Waals surface area contributed by atoms with Crippen LogP contribution in [0.2, 0.25) is 0 Å². The van der Waals surface area contributed by atoms with Crippen molar-refractivity contribution in [3.63, 3.8) is 0 Å². The van der Waals surface area contributed by atoms with Gasteiger partial charge < -0.3 is 24.6 Å². The first kappa shape index (κ1) is 23.9. The number of aryl methyl sites for hydroxylation is 2. The van der Waals surface area contributed by atoms with E-state index in [1.165, 1.54) is 0 Å². The molecule has 0 bridgehead atoms. The molecule has 0 radical (unpaired) electrons. The van der Waals surface area contributed by atoms with Crippen molar-refractivity contribution in [3.8, 4) is 5.69 Å². The monoisotopic (exact) mass is 478 g/mol. The Hall–Kier alpha value is -3.23. The number of nitrogens with one attached hydrogen (secondary N) is 1. The molecule has 0 aliphatic carbocycles. The second kappa shape index (κ2) is 9.95. The summed E-state index contributed by atoms with van der Waals surface area (Å²) >= 11 is 5.76. The fraction of sp³-hybridized carbons (Fsp3) is 0.346. The summed E-state index contributed by atoms with van der Waals surface area (Å²) in [5.41, 5.74) is 6.30. The second-order valence-electron chi connectivity index (χ2n) is 8.63. The van der Waals surface area contributed by atoms with Gasteiger partial charge in [0.2, 0.25) is 0 Å². The topological polar surface area (TPSA) is 79.6 Å². The van der Waals surface area contributed by atoms with Crippen molar-refractivity contribution in [1.29, 1.82) is 0 Å². The Labute approximate surface area is 205 Å². The van der Waals surface area contributed by atoms with Gasteiger partial charge in [-0.1, -0.05) is 12.1 Å². The van der Waals surface area contributed by atoms with Gasteiger partial charge in [-0.2, -0.15) is 0 Å².